The van der Waals surface area contributed by atoms with Crippen LogP contribution in [0.25, 0.3) is 0 Å². The van der Waals surface area contributed by atoms with Gasteiger partial charge in [0, 0.05) is 37.2 Å². The number of halogens is 3. The second-order valence-corrected chi connectivity index (χ2v) is 13.2. The summed E-state index contributed by atoms with van der Waals surface area (Å²) < 4.78 is 5.39. The Kier molecular flexibility index (Phi) is 11.2. The van der Waals surface area contributed by atoms with Crippen LogP contribution >= 0.6 is 35.6 Å². The summed E-state index contributed by atoms with van der Waals surface area (Å²) in [5, 5.41) is 4.41. The molecule has 6 rings (SSSR count). The van der Waals surface area contributed by atoms with E-state index in [4.69, 9.17) is 27.6 Å². The molecule has 1 aromatic heterocycles. The Labute approximate surface area is 287 Å². The maximum Gasteiger partial charge on any atom is 0.287 e. The van der Waals surface area contributed by atoms with Crippen molar-refractivity contribution in [3.8, 4) is 0 Å². The van der Waals surface area contributed by atoms with Crippen molar-refractivity contribution in [3.05, 3.63) is 130 Å². The minimum absolute atomic E-state index is 0. The van der Waals surface area contributed by atoms with Gasteiger partial charge in [0.1, 0.15) is 0 Å². The Balaban J connectivity index is 0.00000417. The molecule has 0 radical (unpaired) electrons. The average Bonchev–Trinajstić information content (AvgIpc) is 3.63. The highest BCUT2D eigenvalue weighted by Gasteiger charge is 2.40. The lowest BCUT2D eigenvalue weighted by Crippen LogP contribution is -2.53. The monoisotopic (exact) mass is 679 g/mol. The number of piperidine rings is 2. The van der Waals surface area contributed by atoms with Gasteiger partial charge in [0.15, 0.2) is 5.76 Å². The summed E-state index contributed by atoms with van der Waals surface area (Å²) in [5.74, 6) is 0.213. The van der Waals surface area contributed by atoms with Crippen molar-refractivity contribution < 1.29 is 14.0 Å². The van der Waals surface area contributed by atoms with Gasteiger partial charge in [0.25, 0.3) is 11.8 Å². The highest BCUT2D eigenvalue weighted by Crippen LogP contribution is 2.41. The van der Waals surface area contributed by atoms with Gasteiger partial charge in [-0.05, 0) is 92.6 Å². The summed E-state index contributed by atoms with van der Waals surface area (Å²) in [6, 6.07) is 29.2. The lowest BCUT2D eigenvalue weighted by molar-refractivity contribution is 0.0615. The molecule has 0 saturated carbocycles. The molecular weight excluding hydrogens is 641 g/mol. The summed E-state index contributed by atoms with van der Waals surface area (Å²) in [7, 11) is 0. The molecule has 242 valence electrons. The second kappa shape index (κ2) is 15.1. The van der Waals surface area contributed by atoms with E-state index < -0.39 is 5.54 Å². The summed E-state index contributed by atoms with van der Waals surface area (Å²) >= 11 is 12.9. The standard InChI is InChI=1S/C37H39Cl2N3O3.ClH/c38-31-16-15-30(26-32(31)39)36(18-9-22-42(27-36)35(44)28-10-3-1-4-11-28)17-8-21-41-23-19-37(20-24-41,29-12-5-2-6-13-29)40-34(43)33-14-7-25-45-33;/h1-7,10-16,25-26H,8-9,17-24,27H2,(H,40,43);1H. The fourth-order valence-electron chi connectivity index (χ4n) is 7.21. The maximum absolute atomic E-state index is 13.5. The zero-order chi connectivity index (χ0) is 31.3. The van der Waals surface area contributed by atoms with Crippen LogP contribution in [0.1, 0.15) is 70.6 Å². The van der Waals surface area contributed by atoms with Gasteiger partial charge in [-0.3, -0.25) is 9.59 Å². The molecule has 2 saturated heterocycles. The van der Waals surface area contributed by atoms with E-state index in [-0.39, 0.29) is 29.6 Å². The van der Waals surface area contributed by atoms with E-state index in [9.17, 15) is 9.59 Å². The predicted molar refractivity (Wildman–Crippen MR) is 186 cm³/mol. The summed E-state index contributed by atoms with van der Waals surface area (Å²) in [6.45, 7) is 4.06. The molecule has 0 bridgehead atoms. The van der Waals surface area contributed by atoms with Crippen molar-refractivity contribution in [1.82, 2.24) is 15.1 Å². The van der Waals surface area contributed by atoms with Gasteiger partial charge in [-0.2, -0.15) is 0 Å². The van der Waals surface area contributed by atoms with Gasteiger partial charge < -0.3 is 19.5 Å². The molecule has 3 aromatic carbocycles. The Morgan fingerprint density at radius 3 is 2.20 bits per heavy atom. The molecule has 3 heterocycles. The molecule has 9 heteroatoms. The molecule has 2 fully saturated rings. The molecule has 0 spiro atoms. The SMILES string of the molecule is Cl.O=C(NC1(c2ccccc2)CCN(CCCC2(c3ccc(Cl)c(Cl)c3)CCCN(C(=O)c3ccccc3)C2)CC1)c1ccco1. The molecule has 2 amide bonds. The van der Waals surface area contributed by atoms with E-state index in [0.29, 0.717) is 22.4 Å². The molecule has 4 aromatic rings. The van der Waals surface area contributed by atoms with E-state index in [0.717, 1.165) is 81.4 Å². The van der Waals surface area contributed by atoms with Gasteiger partial charge in [-0.25, -0.2) is 0 Å². The van der Waals surface area contributed by atoms with Gasteiger partial charge in [-0.15, -0.1) is 12.4 Å². The van der Waals surface area contributed by atoms with Crippen molar-refractivity contribution in [2.45, 2.75) is 49.5 Å². The lowest BCUT2D eigenvalue weighted by Gasteiger charge is -2.45. The van der Waals surface area contributed by atoms with Crippen molar-refractivity contribution in [2.75, 3.05) is 32.7 Å². The first-order valence-corrected chi connectivity index (χ1v) is 16.6. The van der Waals surface area contributed by atoms with Crippen LogP contribution in [0.2, 0.25) is 10.0 Å². The maximum atomic E-state index is 13.5. The number of carbonyl (C=O) groups excluding carboxylic acids is 2. The van der Waals surface area contributed by atoms with Gasteiger partial charge in [-0.1, -0.05) is 77.8 Å². The number of rotatable bonds is 9. The number of carbonyl (C=O) groups is 2. The molecule has 0 aliphatic carbocycles. The second-order valence-electron chi connectivity index (χ2n) is 12.4. The Bertz CT molecular complexity index is 1590. The molecular formula is C37H40Cl3N3O3. The van der Waals surface area contributed by atoms with Crippen LogP contribution in [-0.4, -0.2) is 54.3 Å². The van der Waals surface area contributed by atoms with Crippen LogP contribution in [0.4, 0.5) is 0 Å². The van der Waals surface area contributed by atoms with Crippen molar-refractivity contribution in [3.63, 3.8) is 0 Å². The van der Waals surface area contributed by atoms with E-state index in [1.54, 1.807) is 12.1 Å². The summed E-state index contributed by atoms with van der Waals surface area (Å²) in [4.78, 5) is 31.1. The Morgan fingerprint density at radius 2 is 1.52 bits per heavy atom. The first kappa shape index (κ1) is 34.1. The minimum atomic E-state index is -0.454. The first-order valence-electron chi connectivity index (χ1n) is 15.8. The number of nitrogens with one attached hydrogen (secondary N) is 1. The lowest BCUT2D eigenvalue weighted by atomic mass is 9.70. The van der Waals surface area contributed by atoms with Gasteiger partial charge in [0.2, 0.25) is 0 Å². The zero-order valence-corrected chi connectivity index (χ0v) is 28.1. The number of likely N-dealkylation sites (tertiary alicyclic amines) is 2. The van der Waals surface area contributed by atoms with Crippen LogP contribution in [0.3, 0.4) is 0 Å². The van der Waals surface area contributed by atoms with E-state index in [1.807, 2.05) is 65.6 Å². The third-order valence-corrected chi connectivity index (χ3v) is 10.4. The molecule has 1 atom stereocenters. The first-order chi connectivity index (χ1) is 21.9. The van der Waals surface area contributed by atoms with Crippen molar-refractivity contribution in [1.29, 1.82) is 0 Å². The third kappa shape index (κ3) is 7.47. The van der Waals surface area contributed by atoms with Crippen LogP contribution in [0.15, 0.2) is 102 Å². The fraction of sp³-hybridized carbons (Fsp3) is 0.351. The van der Waals surface area contributed by atoms with E-state index in [1.165, 1.54) is 6.26 Å². The number of nitrogens with zero attached hydrogens (tertiary/aromatic N) is 2. The number of furan rings is 1. The van der Waals surface area contributed by atoms with E-state index in [2.05, 4.69) is 28.4 Å². The van der Waals surface area contributed by atoms with E-state index >= 15 is 0 Å². The molecule has 1 N–H and O–H groups in total. The number of benzene rings is 3. The fourth-order valence-corrected chi connectivity index (χ4v) is 7.51. The van der Waals surface area contributed by atoms with Gasteiger partial charge >= 0.3 is 0 Å². The minimum Gasteiger partial charge on any atom is -0.459 e. The summed E-state index contributed by atoms with van der Waals surface area (Å²) in [6.07, 6.45) is 6.96. The Hall–Kier alpha value is -3.29. The van der Waals surface area contributed by atoms with Gasteiger partial charge in [0.05, 0.1) is 21.8 Å². The zero-order valence-electron chi connectivity index (χ0n) is 25.8. The number of amides is 2. The molecule has 1 unspecified atom stereocenters. The number of hydrogen-bond donors (Lipinski definition) is 1. The summed E-state index contributed by atoms with van der Waals surface area (Å²) in [5.41, 5.74) is 2.32. The predicted octanol–water partition coefficient (Wildman–Crippen LogP) is 8.38. The highest BCUT2D eigenvalue weighted by atomic mass is 35.5. The number of hydrogen-bond acceptors (Lipinski definition) is 4. The van der Waals surface area contributed by atoms with Crippen molar-refractivity contribution in [2.24, 2.45) is 0 Å². The van der Waals surface area contributed by atoms with Crippen molar-refractivity contribution >= 4 is 47.4 Å². The van der Waals surface area contributed by atoms with Crippen LogP contribution < -0.4 is 5.32 Å². The van der Waals surface area contributed by atoms with Crippen LogP contribution in [0.5, 0.6) is 0 Å². The third-order valence-electron chi connectivity index (χ3n) is 9.68. The highest BCUT2D eigenvalue weighted by molar-refractivity contribution is 6.42. The Morgan fingerprint density at radius 1 is 0.804 bits per heavy atom. The molecule has 2 aliphatic rings. The molecule has 2 aliphatic heterocycles. The van der Waals surface area contributed by atoms with Crippen LogP contribution in [-0.2, 0) is 11.0 Å². The molecule has 46 heavy (non-hydrogen) atoms. The average molecular weight is 681 g/mol. The topological polar surface area (TPSA) is 65.8 Å². The smallest absolute Gasteiger partial charge is 0.287 e. The quantitative estimate of drug-likeness (QED) is 0.193. The van der Waals surface area contributed by atoms with Crippen LogP contribution in [0, 0.1) is 0 Å². The largest absolute Gasteiger partial charge is 0.459 e. The normalized spacial score (nSPS) is 19.7. The molecule has 6 nitrogen and oxygen atoms in total.